The van der Waals surface area contributed by atoms with Gasteiger partial charge in [0.1, 0.15) is 11.9 Å². The minimum atomic E-state index is -0.360. The highest BCUT2D eigenvalue weighted by atomic mass is 19.1. The van der Waals surface area contributed by atoms with Gasteiger partial charge in [0.25, 0.3) is 0 Å². The highest BCUT2D eigenvalue weighted by Gasteiger charge is 2.43. The lowest BCUT2D eigenvalue weighted by Gasteiger charge is -2.17. The van der Waals surface area contributed by atoms with Gasteiger partial charge in [0.05, 0.1) is 24.0 Å². The number of aliphatic imine (C=N–C) groups is 1. The van der Waals surface area contributed by atoms with Gasteiger partial charge in [-0.15, -0.1) is 0 Å². The molecule has 1 N–H and O–H groups in total. The molecule has 2 aliphatic rings. The van der Waals surface area contributed by atoms with Gasteiger partial charge in [0, 0.05) is 24.4 Å². The lowest BCUT2D eigenvalue weighted by molar-refractivity contribution is 0.0289. The minimum absolute atomic E-state index is 0.0329. The van der Waals surface area contributed by atoms with Crippen molar-refractivity contribution >= 4 is 18.0 Å². The van der Waals surface area contributed by atoms with Crippen LogP contribution in [0.2, 0.25) is 0 Å². The van der Waals surface area contributed by atoms with Crippen LogP contribution in [0.1, 0.15) is 24.7 Å². The first-order valence-corrected chi connectivity index (χ1v) is 11.0. The van der Waals surface area contributed by atoms with Gasteiger partial charge in [-0.05, 0) is 49.9 Å². The van der Waals surface area contributed by atoms with E-state index >= 15 is 0 Å². The fraction of sp³-hybridized carbons (Fsp3) is 0.280. The molecule has 3 atom stereocenters. The molecular formula is C25H24FN5O3. The third kappa shape index (κ3) is 4.52. The van der Waals surface area contributed by atoms with Crippen LogP contribution < -0.4 is 4.74 Å². The first-order chi connectivity index (χ1) is 16.6. The van der Waals surface area contributed by atoms with Crippen LogP contribution >= 0.6 is 0 Å². The number of fused-ring (bicyclic) bond motifs is 1. The van der Waals surface area contributed by atoms with Gasteiger partial charge in [0.15, 0.2) is 17.8 Å². The molecule has 9 heteroatoms. The van der Waals surface area contributed by atoms with E-state index in [0.29, 0.717) is 42.0 Å². The van der Waals surface area contributed by atoms with Gasteiger partial charge in [-0.25, -0.2) is 14.4 Å². The van der Waals surface area contributed by atoms with Crippen molar-refractivity contribution in [3.8, 4) is 17.3 Å². The number of allylic oxidation sites excluding steroid dienone is 3. The molecule has 0 spiro atoms. The second kappa shape index (κ2) is 9.66. The quantitative estimate of drug-likeness (QED) is 0.421. The summed E-state index contributed by atoms with van der Waals surface area (Å²) in [5.41, 5.74) is 2.56. The Morgan fingerprint density at radius 1 is 1.24 bits per heavy atom. The first-order valence-electron chi connectivity index (χ1n) is 11.0. The zero-order chi connectivity index (χ0) is 23.5. The number of hydrogen-bond acceptors (Lipinski definition) is 7. The molecule has 3 aromatic rings. The number of ether oxygens (including phenoxy) is 3. The first kappa shape index (κ1) is 22.1. The van der Waals surface area contributed by atoms with Gasteiger partial charge in [-0.2, -0.15) is 5.10 Å². The number of benzene rings is 1. The summed E-state index contributed by atoms with van der Waals surface area (Å²) in [7, 11) is 0. The minimum Gasteiger partial charge on any atom is -0.469 e. The number of H-pyrrole nitrogens is 1. The SMILES string of the molecule is C=NC(=CC=C(C)c1n[nH]c(-c2ccccc2F)n1)c1ccc(OC2COC3CCOC32)nc1. The number of nitrogens with zero attached hydrogens (tertiary/aromatic N) is 4. The molecule has 3 unspecified atom stereocenters. The van der Waals surface area contributed by atoms with Gasteiger partial charge in [0.2, 0.25) is 5.88 Å². The number of aromatic nitrogens is 4. The van der Waals surface area contributed by atoms with E-state index in [9.17, 15) is 4.39 Å². The second-order valence-electron chi connectivity index (χ2n) is 8.08. The van der Waals surface area contributed by atoms with E-state index in [2.05, 4.69) is 31.9 Å². The molecule has 4 heterocycles. The summed E-state index contributed by atoms with van der Waals surface area (Å²) in [4.78, 5) is 12.9. The molecule has 0 radical (unpaired) electrons. The molecule has 2 fully saturated rings. The van der Waals surface area contributed by atoms with Crippen LogP contribution in [0, 0.1) is 5.82 Å². The summed E-state index contributed by atoms with van der Waals surface area (Å²) < 4.78 is 31.4. The van der Waals surface area contributed by atoms with E-state index in [1.165, 1.54) is 6.07 Å². The summed E-state index contributed by atoms with van der Waals surface area (Å²) in [5, 5.41) is 6.98. The maximum absolute atomic E-state index is 14.0. The monoisotopic (exact) mass is 461 g/mol. The van der Waals surface area contributed by atoms with Gasteiger partial charge in [-0.1, -0.05) is 18.2 Å². The molecule has 174 valence electrons. The molecule has 34 heavy (non-hydrogen) atoms. The van der Waals surface area contributed by atoms with Crippen LogP contribution in [-0.2, 0) is 9.47 Å². The fourth-order valence-corrected chi connectivity index (χ4v) is 4.02. The van der Waals surface area contributed by atoms with Crippen LogP contribution in [0.15, 0.2) is 59.7 Å². The number of nitrogens with one attached hydrogen (secondary N) is 1. The Morgan fingerprint density at radius 2 is 2.12 bits per heavy atom. The highest BCUT2D eigenvalue weighted by molar-refractivity contribution is 5.72. The Kier molecular flexibility index (Phi) is 6.29. The largest absolute Gasteiger partial charge is 0.469 e. The van der Waals surface area contributed by atoms with Crippen LogP contribution in [-0.4, -0.2) is 58.4 Å². The van der Waals surface area contributed by atoms with E-state index in [4.69, 9.17) is 14.2 Å². The summed E-state index contributed by atoms with van der Waals surface area (Å²) >= 11 is 0. The van der Waals surface area contributed by atoms with Crippen molar-refractivity contribution in [2.24, 2.45) is 4.99 Å². The summed E-state index contributed by atoms with van der Waals surface area (Å²) in [6.45, 7) is 6.73. The van der Waals surface area contributed by atoms with Crippen LogP contribution in [0.4, 0.5) is 4.39 Å². The molecular weight excluding hydrogens is 437 g/mol. The molecule has 0 bridgehead atoms. The predicted molar refractivity (Wildman–Crippen MR) is 126 cm³/mol. The number of hydrogen-bond donors (Lipinski definition) is 1. The van der Waals surface area contributed by atoms with E-state index in [0.717, 1.165) is 17.6 Å². The van der Waals surface area contributed by atoms with E-state index < -0.39 is 0 Å². The van der Waals surface area contributed by atoms with Crippen molar-refractivity contribution in [2.45, 2.75) is 31.7 Å². The van der Waals surface area contributed by atoms with E-state index in [1.807, 2.05) is 19.1 Å². The number of aromatic amines is 1. The van der Waals surface area contributed by atoms with Crippen molar-refractivity contribution in [2.75, 3.05) is 13.2 Å². The Labute approximate surface area is 196 Å². The second-order valence-corrected chi connectivity index (χ2v) is 8.08. The lowest BCUT2D eigenvalue weighted by atomic mass is 10.1. The van der Waals surface area contributed by atoms with Crippen molar-refractivity contribution in [1.82, 2.24) is 20.2 Å². The summed E-state index contributed by atoms with van der Waals surface area (Å²) in [6.07, 6.45) is 6.16. The highest BCUT2D eigenvalue weighted by Crippen LogP contribution is 2.29. The molecule has 1 aromatic carbocycles. The smallest absolute Gasteiger partial charge is 0.213 e. The average Bonchev–Trinajstić information content (AvgIpc) is 3.60. The third-order valence-corrected chi connectivity index (χ3v) is 5.85. The number of pyridine rings is 1. The van der Waals surface area contributed by atoms with Crippen LogP contribution in [0.25, 0.3) is 22.7 Å². The number of halogens is 1. The number of rotatable bonds is 7. The molecule has 2 aromatic heterocycles. The van der Waals surface area contributed by atoms with E-state index in [-0.39, 0.29) is 24.1 Å². The Hall–Kier alpha value is -3.69. The van der Waals surface area contributed by atoms with Crippen molar-refractivity contribution < 1.29 is 18.6 Å². The maximum Gasteiger partial charge on any atom is 0.213 e. The van der Waals surface area contributed by atoms with Crippen molar-refractivity contribution in [1.29, 1.82) is 0 Å². The molecule has 0 amide bonds. The Morgan fingerprint density at radius 3 is 2.91 bits per heavy atom. The van der Waals surface area contributed by atoms with Crippen molar-refractivity contribution in [3.05, 3.63) is 72.0 Å². The molecule has 8 nitrogen and oxygen atoms in total. The lowest BCUT2D eigenvalue weighted by Crippen LogP contribution is -2.32. The van der Waals surface area contributed by atoms with Crippen LogP contribution in [0.5, 0.6) is 5.88 Å². The van der Waals surface area contributed by atoms with Crippen LogP contribution in [0.3, 0.4) is 0 Å². The Balaban J connectivity index is 1.28. The third-order valence-electron chi connectivity index (χ3n) is 5.85. The maximum atomic E-state index is 14.0. The van der Waals surface area contributed by atoms with Gasteiger partial charge in [-0.3, -0.25) is 10.1 Å². The van der Waals surface area contributed by atoms with Gasteiger partial charge < -0.3 is 14.2 Å². The molecule has 5 rings (SSSR count). The zero-order valence-corrected chi connectivity index (χ0v) is 18.6. The topological polar surface area (TPSA) is 94.5 Å². The van der Waals surface area contributed by atoms with Gasteiger partial charge >= 0.3 is 0 Å². The summed E-state index contributed by atoms with van der Waals surface area (Å²) in [6, 6.07) is 10.1. The molecule has 2 aliphatic heterocycles. The Bertz CT molecular complexity index is 1240. The predicted octanol–water partition coefficient (Wildman–Crippen LogP) is 4.09. The van der Waals surface area contributed by atoms with E-state index in [1.54, 1.807) is 36.5 Å². The normalized spacial score (nSPS) is 22.6. The molecule has 0 aliphatic carbocycles. The van der Waals surface area contributed by atoms with Crippen molar-refractivity contribution in [3.63, 3.8) is 0 Å². The standard InChI is InChI=1S/C25H24FN5O3/c1-15(24-29-25(31-30-24)17-5-3-4-6-18(17)26)7-9-19(27-2)16-8-10-22(28-13-16)34-21-14-33-20-11-12-32-23(20)21/h3-10,13,20-21,23H,2,11-12,14H2,1H3,(H,29,30,31). The fourth-order valence-electron chi connectivity index (χ4n) is 4.02. The molecule has 2 saturated heterocycles. The average molecular weight is 461 g/mol. The molecule has 0 saturated carbocycles. The summed E-state index contributed by atoms with van der Waals surface area (Å²) in [5.74, 6) is 0.977. The zero-order valence-electron chi connectivity index (χ0n) is 18.6.